The lowest BCUT2D eigenvalue weighted by Gasteiger charge is -2.11. The number of nitrogens with zero attached hydrogens (tertiary/aromatic N) is 1. The van der Waals surface area contributed by atoms with Gasteiger partial charge >= 0.3 is 6.09 Å². The van der Waals surface area contributed by atoms with Gasteiger partial charge < -0.3 is 10.0 Å². The molecule has 1 aliphatic heterocycles. The molecule has 0 radical (unpaired) electrons. The summed E-state index contributed by atoms with van der Waals surface area (Å²) in [6.07, 6.45) is 1.12. The van der Waals surface area contributed by atoms with Gasteiger partial charge in [-0.3, -0.25) is 0 Å². The molecule has 3 nitrogen and oxygen atoms in total. The minimum absolute atomic E-state index is 0.498. The van der Waals surface area contributed by atoms with Gasteiger partial charge in [0.05, 0.1) is 0 Å². The summed E-state index contributed by atoms with van der Waals surface area (Å²) in [5, 5.41) is 8.81. The van der Waals surface area contributed by atoms with E-state index in [0.717, 1.165) is 11.1 Å². The molecule has 0 bridgehead atoms. The van der Waals surface area contributed by atoms with E-state index in [4.69, 9.17) is 5.11 Å². The minimum atomic E-state index is -0.853. The Labute approximate surface area is 88.6 Å². The maximum absolute atomic E-state index is 10.7. The van der Waals surface area contributed by atoms with E-state index in [1.54, 1.807) is 0 Å². The van der Waals surface area contributed by atoms with Gasteiger partial charge in [0.15, 0.2) is 0 Å². The van der Waals surface area contributed by atoms with Gasteiger partial charge in [-0.15, -0.1) is 0 Å². The molecular formula is C12H13NO2. The maximum Gasteiger partial charge on any atom is 0.407 e. The first-order valence-corrected chi connectivity index (χ1v) is 4.91. The maximum atomic E-state index is 10.7. The monoisotopic (exact) mass is 203 g/mol. The lowest BCUT2D eigenvalue weighted by atomic mass is 10.1. The second-order valence-electron chi connectivity index (χ2n) is 3.76. The second-order valence-corrected chi connectivity index (χ2v) is 3.76. The Balaban J connectivity index is 2.14. The van der Waals surface area contributed by atoms with Gasteiger partial charge in [0.25, 0.3) is 0 Å². The van der Waals surface area contributed by atoms with Crippen molar-refractivity contribution < 1.29 is 9.90 Å². The van der Waals surface area contributed by atoms with E-state index in [-0.39, 0.29) is 0 Å². The molecule has 0 aliphatic carbocycles. The number of hydrogen-bond acceptors (Lipinski definition) is 1. The van der Waals surface area contributed by atoms with Crippen LogP contribution in [-0.2, 0) is 0 Å². The van der Waals surface area contributed by atoms with E-state index in [9.17, 15) is 4.79 Å². The molecule has 1 aromatic carbocycles. The average Bonchev–Trinajstić information content (AvgIpc) is 2.68. The minimum Gasteiger partial charge on any atom is -0.465 e. The van der Waals surface area contributed by atoms with Crippen molar-refractivity contribution >= 4 is 11.7 Å². The van der Waals surface area contributed by atoms with Crippen molar-refractivity contribution in [2.45, 2.75) is 6.92 Å². The molecule has 0 saturated carbocycles. The zero-order valence-electron chi connectivity index (χ0n) is 8.60. The number of carbonyl (C=O) groups is 1. The summed E-state index contributed by atoms with van der Waals surface area (Å²) in [5.74, 6) is 0. The van der Waals surface area contributed by atoms with E-state index < -0.39 is 6.09 Å². The Bertz CT molecular complexity index is 406. The molecule has 1 aromatic rings. The molecular weight excluding hydrogens is 190 g/mol. The average molecular weight is 203 g/mol. The molecule has 1 heterocycles. The van der Waals surface area contributed by atoms with Crippen LogP contribution in [0.1, 0.15) is 11.1 Å². The Kier molecular flexibility index (Phi) is 2.46. The fourth-order valence-electron chi connectivity index (χ4n) is 1.68. The third-order valence-electron chi connectivity index (χ3n) is 2.61. The molecule has 0 aromatic heterocycles. The number of aryl methyl sites for hydroxylation is 1. The van der Waals surface area contributed by atoms with Gasteiger partial charge in [0.2, 0.25) is 0 Å². The van der Waals surface area contributed by atoms with E-state index in [1.807, 2.05) is 37.3 Å². The molecule has 0 saturated heterocycles. The van der Waals surface area contributed by atoms with Crippen LogP contribution in [0.3, 0.4) is 0 Å². The third kappa shape index (κ3) is 2.01. The van der Waals surface area contributed by atoms with Gasteiger partial charge in [-0.05, 0) is 18.1 Å². The third-order valence-corrected chi connectivity index (χ3v) is 2.61. The quantitative estimate of drug-likeness (QED) is 0.761. The zero-order valence-corrected chi connectivity index (χ0v) is 8.60. The van der Waals surface area contributed by atoms with Gasteiger partial charge in [-0.1, -0.05) is 35.9 Å². The van der Waals surface area contributed by atoms with Crippen molar-refractivity contribution in [1.29, 1.82) is 0 Å². The van der Waals surface area contributed by atoms with Crippen LogP contribution in [0.5, 0.6) is 0 Å². The van der Waals surface area contributed by atoms with Crippen molar-refractivity contribution in [2.24, 2.45) is 0 Å². The lowest BCUT2D eigenvalue weighted by Crippen LogP contribution is -2.26. The van der Waals surface area contributed by atoms with E-state index in [2.05, 4.69) is 0 Å². The Morgan fingerprint density at radius 1 is 1.33 bits per heavy atom. The van der Waals surface area contributed by atoms with Gasteiger partial charge in [-0.25, -0.2) is 4.79 Å². The molecule has 15 heavy (non-hydrogen) atoms. The van der Waals surface area contributed by atoms with Crippen molar-refractivity contribution in [3.05, 3.63) is 41.5 Å². The van der Waals surface area contributed by atoms with Gasteiger partial charge in [0.1, 0.15) is 0 Å². The Morgan fingerprint density at radius 3 is 2.53 bits per heavy atom. The SMILES string of the molecule is Cc1ccc(C2=CCN(C(=O)O)C2)cc1. The molecule has 0 fully saturated rings. The number of carboxylic acid groups (broad SMARTS) is 1. The highest BCUT2D eigenvalue weighted by Crippen LogP contribution is 2.21. The number of amides is 1. The first kappa shape index (κ1) is 9.77. The molecule has 3 heteroatoms. The smallest absolute Gasteiger partial charge is 0.407 e. The van der Waals surface area contributed by atoms with Crippen molar-refractivity contribution in [1.82, 2.24) is 4.90 Å². The summed E-state index contributed by atoms with van der Waals surface area (Å²) < 4.78 is 0. The lowest BCUT2D eigenvalue weighted by molar-refractivity contribution is 0.158. The summed E-state index contributed by atoms with van der Waals surface area (Å²) in [4.78, 5) is 12.1. The Hall–Kier alpha value is -1.77. The molecule has 2 rings (SSSR count). The van der Waals surface area contributed by atoms with Crippen LogP contribution in [0.25, 0.3) is 5.57 Å². The largest absolute Gasteiger partial charge is 0.465 e. The van der Waals surface area contributed by atoms with Crippen LogP contribution < -0.4 is 0 Å². The van der Waals surface area contributed by atoms with Gasteiger partial charge in [0, 0.05) is 13.1 Å². The molecule has 1 N–H and O–H groups in total. The normalized spacial score (nSPS) is 15.3. The van der Waals surface area contributed by atoms with Crippen molar-refractivity contribution in [3.63, 3.8) is 0 Å². The van der Waals surface area contributed by atoms with E-state index in [1.165, 1.54) is 10.5 Å². The van der Waals surface area contributed by atoms with Crippen LogP contribution in [-0.4, -0.2) is 29.2 Å². The summed E-state index contributed by atoms with van der Waals surface area (Å²) in [6, 6.07) is 8.15. The predicted octanol–water partition coefficient (Wildman–Crippen LogP) is 2.37. The molecule has 1 aliphatic rings. The summed E-state index contributed by atoms with van der Waals surface area (Å²) >= 11 is 0. The zero-order chi connectivity index (χ0) is 10.8. The highest BCUT2D eigenvalue weighted by Gasteiger charge is 2.18. The fraction of sp³-hybridized carbons (Fsp3) is 0.250. The first-order valence-electron chi connectivity index (χ1n) is 4.91. The van der Waals surface area contributed by atoms with E-state index >= 15 is 0 Å². The highest BCUT2D eigenvalue weighted by molar-refractivity contribution is 5.76. The number of benzene rings is 1. The van der Waals surface area contributed by atoms with Crippen LogP contribution in [0.4, 0.5) is 4.79 Å². The first-order chi connectivity index (χ1) is 7.16. The predicted molar refractivity (Wildman–Crippen MR) is 58.8 cm³/mol. The topological polar surface area (TPSA) is 40.5 Å². The number of rotatable bonds is 1. The van der Waals surface area contributed by atoms with Crippen LogP contribution in [0.15, 0.2) is 30.3 Å². The Morgan fingerprint density at radius 2 is 2.00 bits per heavy atom. The van der Waals surface area contributed by atoms with Crippen LogP contribution >= 0.6 is 0 Å². The van der Waals surface area contributed by atoms with Crippen molar-refractivity contribution in [2.75, 3.05) is 13.1 Å². The molecule has 0 atom stereocenters. The molecule has 0 spiro atoms. The fourth-order valence-corrected chi connectivity index (χ4v) is 1.68. The number of hydrogen-bond donors (Lipinski definition) is 1. The molecule has 0 unspecified atom stereocenters. The summed E-state index contributed by atoms with van der Waals surface area (Å²) in [6.45, 7) is 3.04. The highest BCUT2D eigenvalue weighted by atomic mass is 16.4. The van der Waals surface area contributed by atoms with Crippen LogP contribution in [0.2, 0.25) is 0 Å². The molecule has 78 valence electrons. The standard InChI is InChI=1S/C12H13NO2/c1-9-2-4-10(5-3-9)11-6-7-13(8-11)12(14)15/h2-6H,7-8H2,1H3,(H,14,15). The van der Waals surface area contributed by atoms with Crippen molar-refractivity contribution in [3.8, 4) is 0 Å². The molecule has 1 amide bonds. The van der Waals surface area contributed by atoms with E-state index in [0.29, 0.717) is 13.1 Å². The van der Waals surface area contributed by atoms with Gasteiger partial charge in [-0.2, -0.15) is 0 Å². The van der Waals surface area contributed by atoms with Crippen LogP contribution in [0, 0.1) is 6.92 Å². The summed E-state index contributed by atoms with van der Waals surface area (Å²) in [5.41, 5.74) is 3.43. The summed E-state index contributed by atoms with van der Waals surface area (Å²) in [7, 11) is 0. The second kappa shape index (κ2) is 3.77.